The van der Waals surface area contributed by atoms with Crippen LogP contribution in [0.3, 0.4) is 0 Å². The Hall–Kier alpha value is -1.94. The standard InChI is InChI=1S/C23H27BrClN3O4S/c1-3-33(31,32)22-7-6-19(25)10-18(22)12-26-23(30)16-4-5-17(21(24)11-16)13-28-9-8-20(14-28)27-15(2)29/h4-7,10-11,20H,3,8-9,12-14H2,1-2H3,(H,26,30)(H,27,29)/t20-/m1/s1. The molecule has 2 aromatic rings. The molecule has 0 spiro atoms. The molecule has 2 aromatic carbocycles. The smallest absolute Gasteiger partial charge is 0.251 e. The molecule has 2 amide bonds. The van der Waals surface area contributed by atoms with Gasteiger partial charge in [0, 0.05) is 54.2 Å². The number of halogens is 2. The molecule has 0 radical (unpaired) electrons. The minimum Gasteiger partial charge on any atom is -0.352 e. The molecule has 0 aromatic heterocycles. The molecule has 0 bridgehead atoms. The quantitative estimate of drug-likeness (QED) is 0.519. The summed E-state index contributed by atoms with van der Waals surface area (Å²) in [5, 5.41) is 6.15. The lowest BCUT2D eigenvalue weighted by Gasteiger charge is -2.18. The lowest BCUT2D eigenvalue weighted by atomic mass is 10.1. The van der Waals surface area contributed by atoms with E-state index in [0.717, 1.165) is 29.5 Å². The van der Waals surface area contributed by atoms with Crippen LogP contribution in [-0.4, -0.2) is 50.0 Å². The molecule has 1 aliphatic rings. The van der Waals surface area contributed by atoms with Crippen LogP contribution in [0.15, 0.2) is 45.8 Å². The van der Waals surface area contributed by atoms with Crippen molar-refractivity contribution in [2.75, 3.05) is 18.8 Å². The lowest BCUT2D eigenvalue weighted by Crippen LogP contribution is -2.35. The molecule has 33 heavy (non-hydrogen) atoms. The van der Waals surface area contributed by atoms with Crippen LogP contribution in [0.5, 0.6) is 0 Å². The van der Waals surface area contributed by atoms with Crippen LogP contribution in [0, 0.1) is 0 Å². The van der Waals surface area contributed by atoms with Crippen molar-refractivity contribution in [3.63, 3.8) is 0 Å². The highest BCUT2D eigenvalue weighted by Crippen LogP contribution is 2.24. The van der Waals surface area contributed by atoms with Crippen LogP contribution in [0.4, 0.5) is 0 Å². The fraction of sp³-hybridized carbons (Fsp3) is 0.391. The second-order valence-corrected chi connectivity index (χ2v) is 11.6. The van der Waals surface area contributed by atoms with E-state index in [1.54, 1.807) is 25.1 Å². The predicted octanol–water partition coefficient (Wildman–Crippen LogP) is 3.54. The first kappa shape index (κ1) is 25.7. The topological polar surface area (TPSA) is 95.6 Å². The normalized spacial score (nSPS) is 16.5. The summed E-state index contributed by atoms with van der Waals surface area (Å²) in [7, 11) is -3.44. The first-order chi connectivity index (χ1) is 15.6. The van der Waals surface area contributed by atoms with Crippen molar-refractivity contribution in [1.29, 1.82) is 0 Å². The maximum atomic E-state index is 12.7. The summed E-state index contributed by atoms with van der Waals surface area (Å²) in [5.41, 5.74) is 1.96. The van der Waals surface area contributed by atoms with Gasteiger partial charge in [0.2, 0.25) is 5.91 Å². The average molecular weight is 557 g/mol. The number of carbonyl (C=O) groups excluding carboxylic acids is 2. The fourth-order valence-corrected chi connectivity index (χ4v) is 5.68. The summed E-state index contributed by atoms with van der Waals surface area (Å²) in [4.78, 5) is 26.4. The van der Waals surface area contributed by atoms with Crippen LogP contribution >= 0.6 is 27.5 Å². The zero-order valence-corrected chi connectivity index (χ0v) is 21.7. The minimum absolute atomic E-state index is 0.0180. The Balaban J connectivity index is 1.65. The molecule has 1 saturated heterocycles. The molecule has 0 unspecified atom stereocenters. The van der Waals surface area contributed by atoms with E-state index in [-0.39, 0.29) is 35.0 Å². The summed E-state index contributed by atoms with van der Waals surface area (Å²) in [5.74, 6) is -0.364. The highest BCUT2D eigenvalue weighted by atomic mass is 79.9. The van der Waals surface area contributed by atoms with E-state index in [1.165, 1.54) is 19.1 Å². The number of sulfone groups is 1. The van der Waals surface area contributed by atoms with Gasteiger partial charge in [0.25, 0.3) is 5.91 Å². The SMILES string of the molecule is CCS(=O)(=O)c1ccc(Cl)cc1CNC(=O)c1ccc(CN2CC[C@@H](NC(C)=O)C2)c(Br)c1. The van der Waals surface area contributed by atoms with Crippen LogP contribution in [0.1, 0.15) is 41.8 Å². The molecule has 1 heterocycles. The van der Waals surface area contributed by atoms with Crippen molar-refractivity contribution in [3.05, 3.63) is 62.6 Å². The average Bonchev–Trinajstić information content (AvgIpc) is 3.19. The molecule has 1 aliphatic heterocycles. The molecule has 178 valence electrons. The van der Waals surface area contributed by atoms with E-state index in [1.807, 2.05) is 6.07 Å². The van der Waals surface area contributed by atoms with Crippen molar-refractivity contribution < 1.29 is 18.0 Å². The molecular weight excluding hydrogens is 530 g/mol. The minimum atomic E-state index is -3.44. The van der Waals surface area contributed by atoms with E-state index in [2.05, 4.69) is 31.5 Å². The van der Waals surface area contributed by atoms with E-state index in [0.29, 0.717) is 22.7 Å². The van der Waals surface area contributed by atoms with Crippen molar-refractivity contribution in [3.8, 4) is 0 Å². The van der Waals surface area contributed by atoms with Gasteiger partial charge in [0.15, 0.2) is 9.84 Å². The Morgan fingerprint density at radius 1 is 1.18 bits per heavy atom. The van der Waals surface area contributed by atoms with Crippen LogP contribution in [-0.2, 0) is 27.7 Å². The summed E-state index contributed by atoms with van der Waals surface area (Å²) in [6.07, 6.45) is 0.914. The van der Waals surface area contributed by atoms with Gasteiger partial charge in [-0.25, -0.2) is 8.42 Å². The number of hydrogen-bond donors (Lipinski definition) is 2. The van der Waals surface area contributed by atoms with Crippen LogP contribution in [0.2, 0.25) is 5.02 Å². The summed E-state index contributed by atoms with van der Waals surface area (Å²) < 4.78 is 25.5. The number of amides is 2. The van der Waals surface area contributed by atoms with Gasteiger partial charge in [0.1, 0.15) is 0 Å². The summed E-state index contributed by atoms with van der Waals surface area (Å²) in [6, 6.07) is 10.1. The van der Waals surface area contributed by atoms with E-state index in [4.69, 9.17) is 11.6 Å². The van der Waals surface area contributed by atoms with E-state index >= 15 is 0 Å². The van der Waals surface area contributed by atoms with Gasteiger partial charge in [-0.3, -0.25) is 14.5 Å². The first-order valence-corrected chi connectivity index (χ1v) is 13.5. The third-order valence-electron chi connectivity index (χ3n) is 5.57. The van der Waals surface area contributed by atoms with Gasteiger partial charge in [-0.1, -0.05) is 40.5 Å². The Labute approximate surface area is 207 Å². The maximum Gasteiger partial charge on any atom is 0.251 e. The second-order valence-electron chi connectivity index (χ2n) is 8.07. The van der Waals surface area contributed by atoms with Gasteiger partial charge in [-0.15, -0.1) is 0 Å². The van der Waals surface area contributed by atoms with Crippen molar-refractivity contribution in [2.45, 2.75) is 44.3 Å². The van der Waals surface area contributed by atoms with Gasteiger partial charge in [0.05, 0.1) is 10.6 Å². The zero-order valence-electron chi connectivity index (χ0n) is 18.5. The molecule has 7 nitrogen and oxygen atoms in total. The monoisotopic (exact) mass is 555 g/mol. The van der Waals surface area contributed by atoms with Crippen molar-refractivity contribution in [1.82, 2.24) is 15.5 Å². The Bertz CT molecular complexity index is 1160. The van der Waals surface area contributed by atoms with Gasteiger partial charge in [-0.05, 0) is 47.9 Å². The second kappa shape index (κ2) is 11.0. The number of rotatable bonds is 8. The molecule has 1 atom stereocenters. The predicted molar refractivity (Wildman–Crippen MR) is 132 cm³/mol. The largest absolute Gasteiger partial charge is 0.352 e. The van der Waals surface area contributed by atoms with E-state index < -0.39 is 9.84 Å². The Morgan fingerprint density at radius 2 is 1.94 bits per heavy atom. The number of carbonyl (C=O) groups is 2. The lowest BCUT2D eigenvalue weighted by molar-refractivity contribution is -0.119. The maximum absolute atomic E-state index is 12.7. The first-order valence-electron chi connectivity index (χ1n) is 10.7. The van der Waals surface area contributed by atoms with Crippen molar-refractivity contribution >= 4 is 49.2 Å². The molecular formula is C23H27BrClN3O4S. The Kier molecular flexibility index (Phi) is 8.55. The van der Waals surface area contributed by atoms with Crippen molar-refractivity contribution in [2.24, 2.45) is 0 Å². The van der Waals surface area contributed by atoms with Gasteiger partial charge >= 0.3 is 0 Å². The number of hydrogen-bond acceptors (Lipinski definition) is 5. The fourth-order valence-electron chi connectivity index (χ4n) is 3.86. The molecule has 2 N–H and O–H groups in total. The molecule has 1 fully saturated rings. The number of nitrogens with one attached hydrogen (secondary N) is 2. The third-order valence-corrected chi connectivity index (χ3v) is 8.37. The third kappa shape index (κ3) is 6.79. The Morgan fingerprint density at radius 3 is 2.61 bits per heavy atom. The van der Waals surface area contributed by atoms with Crippen LogP contribution < -0.4 is 10.6 Å². The molecule has 0 saturated carbocycles. The van der Waals surface area contributed by atoms with Gasteiger partial charge in [-0.2, -0.15) is 0 Å². The van der Waals surface area contributed by atoms with E-state index in [9.17, 15) is 18.0 Å². The molecule has 0 aliphatic carbocycles. The zero-order chi connectivity index (χ0) is 24.2. The van der Waals surface area contributed by atoms with Gasteiger partial charge < -0.3 is 10.6 Å². The summed E-state index contributed by atoms with van der Waals surface area (Å²) in [6.45, 7) is 5.54. The molecule has 10 heteroatoms. The number of nitrogens with zero attached hydrogens (tertiary/aromatic N) is 1. The number of benzene rings is 2. The number of likely N-dealkylation sites (tertiary alicyclic amines) is 1. The van der Waals surface area contributed by atoms with Crippen LogP contribution in [0.25, 0.3) is 0 Å². The summed E-state index contributed by atoms with van der Waals surface area (Å²) >= 11 is 9.60. The highest BCUT2D eigenvalue weighted by molar-refractivity contribution is 9.10. The highest BCUT2D eigenvalue weighted by Gasteiger charge is 2.23. The molecule has 3 rings (SSSR count).